The summed E-state index contributed by atoms with van der Waals surface area (Å²) in [5.41, 5.74) is 3.89. The average molecular weight is 448 g/mol. The summed E-state index contributed by atoms with van der Waals surface area (Å²) in [5.74, 6) is 0.753. The van der Waals surface area contributed by atoms with Gasteiger partial charge in [0.05, 0.1) is 20.1 Å². The molecule has 0 aliphatic carbocycles. The molecule has 1 fully saturated rings. The van der Waals surface area contributed by atoms with Crippen molar-refractivity contribution in [3.8, 4) is 22.6 Å². The minimum Gasteiger partial charge on any atom is -0.497 e. The van der Waals surface area contributed by atoms with E-state index in [1.54, 1.807) is 19.2 Å². The first-order chi connectivity index (χ1) is 16.0. The fourth-order valence-corrected chi connectivity index (χ4v) is 4.43. The van der Waals surface area contributed by atoms with Gasteiger partial charge in [0, 0.05) is 31.5 Å². The quantitative estimate of drug-likeness (QED) is 0.567. The molecule has 2 aliphatic heterocycles. The second-order valence-corrected chi connectivity index (χ2v) is 8.54. The number of fused-ring (bicyclic) bond motifs is 1. The predicted molar refractivity (Wildman–Crippen MR) is 122 cm³/mol. The van der Waals surface area contributed by atoms with Crippen molar-refractivity contribution in [2.24, 2.45) is 0 Å². The number of halogens is 1. The van der Waals surface area contributed by atoms with Crippen molar-refractivity contribution in [3.63, 3.8) is 0 Å². The molecule has 33 heavy (non-hydrogen) atoms. The highest BCUT2D eigenvalue weighted by molar-refractivity contribution is 5.79. The SMILES string of the molecule is COc1ccc(CC(=O)N2CCC3(CC2)OCc2cc(-c4ccc(F)cc4)ccc2O3)cc1. The lowest BCUT2D eigenvalue weighted by Crippen LogP contribution is -2.52. The van der Waals surface area contributed by atoms with Gasteiger partial charge in [-0.05, 0) is 53.1 Å². The van der Waals surface area contributed by atoms with Gasteiger partial charge in [-0.1, -0.05) is 30.3 Å². The van der Waals surface area contributed by atoms with Gasteiger partial charge in [-0.15, -0.1) is 0 Å². The number of methoxy groups -OCH3 is 1. The van der Waals surface area contributed by atoms with Gasteiger partial charge < -0.3 is 19.1 Å². The van der Waals surface area contributed by atoms with E-state index in [2.05, 4.69) is 0 Å². The smallest absolute Gasteiger partial charge is 0.226 e. The molecule has 0 bridgehead atoms. The molecule has 0 radical (unpaired) electrons. The van der Waals surface area contributed by atoms with Crippen LogP contribution in [0, 0.1) is 5.82 Å². The zero-order valence-electron chi connectivity index (χ0n) is 18.6. The molecule has 2 aliphatic rings. The maximum atomic E-state index is 13.2. The summed E-state index contributed by atoms with van der Waals surface area (Å²) in [5, 5.41) is 0. The van der Waals surface area contributed by atoms with Gasteiger partial charge >= 0.3 is 0 Å². The van der Waals surface area contributed by atoms with Crippen molar-refractivity contribution in [3.05, 3.63) is 83.7 Å². The number of amides is 1. The first-order valence-corrected chi connectivity index (χ1v) is 11.2. The first-order valence-electron chi connectivity index (χ1n) is 11.2. The summed E-state index contributed by atoms with van der Waals surface area (Å²) in [6.45, 7) is 1.64. The largest absolute Gasteiger partial charge is 0.497 e. The molecular weight excluding hydrogens is 421 g/mol. The van der Waals surface area contributed by atoms with Gasteiger partial charge in [0.1, 0.15) is 17.3 Å². The van der Waals surface area contributed by atoms with Gasteiger partial charge in [0.25, 0.3) is 0 Å². The van der Waals surface area contributed by atoms with Crippen molar-refractivity contribution in [2.45, 2.75) is 31.7 Å². The lowest BCUT2D eigenvalue weighted by atomic mass is 9.98. The number of carbonyl (C=O) groups is 1. The van der Waals surface area contributed by atoms with Crippen LogP contribution in [0.4, 0.5) is 4.39 Å². The first kappa shape index (κ1) is 21.5. The summed E-state index contributed by atoms with van der Waals surface area (Å²) < 4.78 is 30.9. The maximum absolute atomic E-state index is 13.2. The number of nitrogens with zero attached hydrogens (tertiary/aromatic N) is 1. The molecule has 0 aromatic heterocycles. The van der Waals surface area contributed by atoms with Crippen LogP contribution in [0.15, 0.2) is 66.7 Å². The molecule has 3 aromatic rings. The number of hydrogen-bond donors (Lipinski definition) is 0. The fourth-order valence-electron chi connectivity index (χ4n) is 4.43. The molecule has 1 saturated heterocycles. The van der Waals surface area contributed by atoms with E-state index in [0.717, 1.165) is 33.8 Å². The Morgan fingerprint density at radius 3 is 2.39 bits per heavy atom. The summed E-state index contributed by atoms with van der Waals surface area (Å²) in [4.78, 5) is 14.7. The van der Waals surface area contributed by atoms with E-state index in [-0.39, 0.29) is 11.7 Å². The number of ether oxygens (including phenoxy) is 3. The molecule has 170 valence electrons. The van der Waals surface area contributed by atoms with Crippen LogP contribution in [0.25, 0.3) is 11.1 Å². The van der Waals surface area contributed by atoms with Crippen molar-refractivity contribution < 1.29 is 23.4 Å². The summed E-state index contributed by atoms with van der Waals surface area (Å²) in [7, 11) is 1.63. The van der Waals surface area contributed by atoms with Crippen molar-refractivity contribution >= 4 is 5.91 Å². The van der Waals surface area contributed by atoms with Gasteiger partial charge in [-0.25, -0.2) is 4.39 Å². The highest BCUT2D eigenvalue weighted by atomic mass is 19.1. The number of likely N-dealkylation sites (tertiary alicyclic amines) is 1. The minimum absolute atomic E-state index is 0.107. The second-order valence-electron chi connectivity index (χ2n) is 8.54. The number of rotatable bonds is 4. The van der Waals surface area contributed by atoms with Crippen LogP contribution in [-0.2, 0) is 22.6 Å². The molecule has 3 aromatic carbocycles. The monoisotopic (exact) mass is 447 g/mol. The Morgan fingerprint density at radius 2 is 1.70 bits per heavy atom. The predicted octanol–water partition coefficient (Wildman–Crippen LogP) is 4.97. The molecule has 1 amide bonds. The van der Waals surface area contributed by atoms with Crippen LogP contribution in [0.5, 0.6) is 11.5 Å². The number of piperidine rings is 1. The van der Waals surface area contributed by atoms with Crippen LogP contribution in [0.3, 0.4) is 0 Å². The van der Waals surface area contributed by atoms with Gasteiger partial charge in [0.2, 0.25) is 11.7 Å². The van der Waals surface area contributed by atoms with Crippen LogP contribution >= 0.6 is 0 Å². The van der Waals surface area contributed by atoms with E-state index in [4.69, 9.17) is 14.2 Å². The molecule has 0 unspecified atom stereocenters. The Kier molecular flexibility index (Phi) is 5.77. The zero-order chi connectivity index (χ0) is 22.8. The zero-order valence-corrected chi connectivity index (χ0v) is 18.6. The molecule has 1 spiro atoms. The molecule has 0 saturated carbocycles. The third-order valence-electron chi connectivity index (χ3n) is 6.42. The van der Waals surface area contributed by atoms with E-state index >= 15 is 0 Å². The van der Waals surface area contributed by atoms with Crippen LogP contribution in [0.1, 0.15) is 24.0 Å². The van der Waals surface area contributed by atoms with Crippen LogP contribution in [0.2, 0.25) is 0 Å². The number of benzene rings is 3. The third-order valence-corrected chi connectivity index (χ3v) is 6.42. The molecule has 2 heterocycles. The van der Waals surface area contributed by atoms with Crippen molar-refractivity contribution in [2.75, 3.05) is 20.2 Å². The normalized spacial score (nSPS) is 16.7. The van der Waals surface area contributed by atoms with E-state index in [1.807, 2.05) is 47.4 Å². The molecule has 0 atom stereocenters. The Bertz CT molecular complexity index is 1140. The minimum atomic E-state index is -0.693. The van der Waals surface area contributed by atoms with Crippen LogP contribution < -0.4 is 9.47 Å². The Morgan fingerprint density at radius 1 is 1.00 bits per heavy atom. The third kappa shape index (κ3) is 4.57. The molecule has 6 heteroatoms. The van der Waals surface area contributed by atoms with Crippen LogP contribution in [-0.4, -0.2) is 36.8 Å². The number of hydrogen-bond acceptors (Lipinski definition) is 4. The fraction of sp³-hybridized carbons (Fsp3) is 0.296. The van der Waals surface area contributed by atoms with E-state index < -0.39 is 5.79 Å². The Labute approximate surface area is 192 Å². The second kappa shape index (κ2) is 8.87. The molecule has 5 nitrogen and oxygen atoms in total. The number of carbonyl (C=O) groups excluding carboxylic acids is 1. The Balaban J connectivity index is 1.21. The van der Waals surface area contributed by atoms with Crippen molar-refractivity contribution in [1.82, 2.24) is 4.90 Å². The topological polar surface area (TPSA) is 48.0 Å². The van der Waals surface area contributed by atoms with Gasteiger partial charge in [-0.2, -0.15) is 0 Å². The lowest BCUT2D eigenvalue weighted by Gasteiger charge is -2.44. The highest BCUT2D eigenvalue weighted by Gasteiger charge is 2.41. The van der Waals surface area contributed by atoms with Gasteiger partial charge in [0.15, 0.2) is 0 Å². The van der Waals surface area contributed by atoms with Gasteiger partial charge in [-0.3, -0.25) is 4.79 Å². The average Bonchev–Trinajstić information content (AvgIpc) is 2.85. The lowest BCUT2D eigenvalue weighted by molar-refractivity contribution is -0.227. The summed E-state index contributed by atoms with van der Waals surface area (Å²) in [6, 6.07) is 20.0. The van der Waals surface area contributed by atoms with E-state index in [1.165, 1.54) is 12.1 Å². The Hall–Kier alpha value is -3.38. The summed E-state index contributed by atoms with van der Waals surface area (Å²) >= 11 is 0. The van der Waals surface area contributed by atoms with E-state index in [0.29, 0.717) is 39.0 Å². The van der Waals surface area contributed by atoms with E-state index in [9.17, 15) is 9.18 Å². The highest BCUT2D eigenvalue weighted by Crippen LogP contribution is 2.39. The standard InChI is InChI=1S/C27H26FNO4/c1-31-24-9-2-19(3-10-24)16-26(30)29-14-12-27(13-15-29)32-18-22-17-21(6-11-25(22)33-27)20-4-7-23(28)8-5-20/h2-11,17H,12-16,18H2,1H3. The maximum Gasteiger partial charge on any atom is 0.226 e. The molecular formula is C27H26FNO4. The molecule has 5 rings (SSSR count). The molecule has 0 N–H and O–H groups in total. The van der Waals surface area contributed by atoms with Crippen molar-refractivity contribution in [1.29, 1.82) is 0 Å². The summed E-state index contributed by atoms with van der Waals surface area (Å²) in [6.07, 6.45) is 1.62.